The number of carbonyl (C=O) groups excluding carboxylic acids is 1. The minimum Gasteiger partial charge on any atom is -0.497 e. The van der Waals surface area contributed by atoms with Gasteiger partial charge in [0.2, 0.25) is 0 Å². The summed E-state index contributed by atoms with van der Waals surface area (Å²) in [6.07, 6.45) is 3.68. The Bertz CT molecular complexity index is 791. The standard InChI is InChI=1S/C23H27NO4/c1-27-21-12-10-18(11-13-21)23(26)14-19-8-5-9-20(15-23)24(19)22(25)28-16-17-6-3-2-4-7-17/h2-4,6-7,10-13,19-20,26H,5,8-9,14-16H2,1H3. The van der Waals surface area contributed by atoms with Crippen LogP contribution in [-0.2, 0) is 16.9 Å². The molecule has 2 unspecified atom stereocenters. The summed E-state index contributed by atoms with van der Waals surface area (Å²) in [6.45, 7) is 0.276. The normalized spacial score (nSPS) is 26.6. The number of ether oxygens (including phenoxy) is 2. The van der Waals surface area contributed by atoms with Gasteiger partial charge in [-0.05, 0) is 42.5 Å². The van der Waals surface area contributed by atoms with Crippen molar-refractivity contribution in [2.75, 3.05) is 7.11 Å². The predicted molar refractivity (Wildman–Crippen MR) is 106 cm³/mol. The third-order valence-corrected chi connectivity index (χ3v) is 6.05. The molecule has 0 aromatic heterocycles. The molecule has 2 fully saturated rings. The molecule has 2 atom stereocenters. The van der Waals surface area contributed by atoms with Crippen molar-refractivity contribution >= 4 is 6.09 Å². The number of amides is 1. The summed E-state index contributed by atoms with van der Waals surface area (Å²) in [5, 5.41) is 11.4. The highest BCUT2D eigenvalue weighted by atomic mass is 16.6. The first-order valence-corrected chi connectivity index (χ1v) is 9.95. The molecule has 0 aliphatic carbocycles. The van der Waals surface area contributed by atoms with E-state index in [4.69, 9.17) is 9.47 Å². The summed E-state index contributed by atoms with van der Waals surface area (Å²) in [5.41, 5.74) is 0.952. The molecule has 2 aliphatic rings. The molecule has 1 N–H and O–H groups in total. The fourth-order valence-corrected chi connectivity index (χ4v) is 4.66. The average Bonchev–Trinajstić information content (AvgIpc) is 2.72. The third kappa shape index (κ3) is 3.72. The highest BCUT2D eigenvalue weighted by molar-refractivity contribution is 5.69. The molecule has 0 radical (unpaired) electrons. The largest absolute Gasteiger partial charge is 0.497 e. The van der Waals surface area contributed by atoms with E-state index in [9.17, 15) is 9.90 Å². The van der Waals surface area contributed by atoms with Crippen molar-refractivity contribution in [2.45, 2.75) is 56.4 Å². The van der Waals surface area contributed by atoms with Gasteiger partial charge in [0, 0.05) is 24.9 Å². The van der Waals surface area contributed by atoms with Crippen LogP contribution < -0.4 is 4.74 Å². The van der Waals surface area contributed by atoms with E-state index < -0.39 is 5.60 Å². The van der Waals surface area contributed by atoms with Gasteiger partial charge in [0.05, 0.1) is 12.7 Å². The van der Waals surface area contributed by atoms with Gasteiger partial charge in [0.15, 0.2) is 0 Å². The lowest BCUT2D eigenvalue weighted by molar-refractivity contribution is -0.0896. The zero-order chi connectivity index (χ0) is 19.6. The second kappa shape index (κ2) is 7.84. The van der Waals surface area contributed by atoms with Crippen molar-refractivity contribution in [3.05, 3.63) is 65.7 Å². The first kappa shape index (κ1) is 18.8. The van der Waals surface area contributed by atoms with Gasteiger partial charge in [0.25, 0.3) is 0 Å². The van der Waals surface area contributed by atoms with Crippen LogP contribution in [0.3, 0.4) is 0 Å². The van der Waals surface area contributed by atoms with E-state index in [2.05, 4.69) is 0 Å². The molecule has 4 rings (SSSR count). The fourth-order valence-electron chi connectivity index (χ4n) is 4.66. The molecular formula is C23H27NO4. The zero-order valence-corrected chi connectivity index (χ0v) is 16.2. The van der Waals surface area contributed by atoms with Crippen LogP contribution in [-0.4, -0.2) is 35.3 Å². The van der Waals surface area contributed by atoms with Gasteiger partial charge in [-0.25, -0.2) is 4.79 Å². The lowest BCUT2D eigenvalue weighted by Gasteiger charge is -2.51. The Hall–Kier alpha value is -2.53. The first-order chi connectivity index (χ1) is 13.6. The Morgan fingerprint density at radius 2 is 1.71 bits per heavy atom. The predicted octanol–water partition coefficient (Wildman–Crippen LogP) is 4.24. The Labute approximate surface area is 165 Å². The van der Waals surface area contributed by atoms with E-state index in [0.717, 1.165) is 36.1 Å². The Morgan fingerprint density at radius 3 is 2.32 bits per heavy atom. The molecule has 2 saturated heterocycles. The highest BCUT2D eigenvalue weighted by Gasteiger charge is 2.48. The molecule has 5 nitrogen and oxygen atoms in total. The van der Waals surface area contributed by atoms with E-state index in [1.165, 1.54) is 0 Å². The second-order valence-corrected chi connectivity index (χ2v) is 7.85. The van der Waals surface area contributed by atoms with Crippen LogP contribution in [0.4, 0.5) is 4.79 Å². The number of nitrogens with zero attached hydrogens (tertiary/aromatic N) is 1. The molecule has 2 bridgehead atoms. The van der Waals surface area contributed by atoms with Crippen molar-refractivity contribution in [2.24, 2.45) is 0 Å². The smallest absolute Gasteiger partial charge is 0.410 e. The zero-order valence-electron chi connectivity index (χ0n) is 16.2. The van der Waals surface area contributed by atoms with Gasteiger partial charge in [-0.1, -0.05) is 42.5 Å². The van der Waals surface area contributed by atoms with Gasteiger partial charge in [-0.15, -0.1) is 0 Å². The van der Waals surface area contributed by atoms with Gasteiger partial charge in [-0.2, -0.15) is 0 Å². The molecule has 2 aromatic carbocycles. The Balaban J connectivity index is 1.47. The van der Waals surface area contributed by atoms with Crippen LogP contribution in [0.2, 0.25) is 0 Å². The molecule has 2 aliphatic heterocycles. The maximum atomic E-state index is 12.8. The molecule has 2 aromatic rings. The van der Waals surface area contributed by atoms with Gasteiger partial charge >= 0.3 is 6.09 Å². The van der Waals surface area contributed by atoms with Crippen molar-refractivity contribution in [3.63, 3.8) is 0 Å². The van der Waals surface area contributed by atoms with Crippen LogP contribution in [0.5, 0.6) is 5.75 Å². The summed E-state index contributed by atoms with van der Waals surface area (Å²) < 4.78 is 10.8. The number of fused-ring (bicyclic) bond motifs is 2. The Kier molecular flexibility index (Phi) is 5.27. The summed E-state index contributed by atoms with van der Waals surface area (Å²) in [5.74, 6) is 0.773. The van der Waals surface area contributed by atoms with Crippen molar-refractivity contribution in [1.29, 1.82) is 0 Å². The van der Waals surface area contributed by atoms with E-state index in [1.807, 2.05) is 59.5 Å². The number of rotatable bonds is 4. The third-order valence-electron chi connectivity index (χ3n) is 6.05. The lowest BCUT2D eigenvalue weighted by atomic mass is 9.72. The van der Waals surface area contributed by atoms with Crippen LogP contribution in [0.15, 0.2) is 54.6 Å². The molecule has 148 valence electrons. The van der Waals surface area contributed by atoms with E-state index in [-0.39, 0.29) is 24.8 Å². The summed E-state index contributed by atoms with van der Waals surface area (Å²) in [7, 11) is 1.63. The van der Waals surface area contributed by atoms with Crippen molar-refractivity contribution < 1.29 is 19.4 Å². The van der Waals surface area contributed by atoms with Crippen molar-refractivity contribution in [3.8, 4) is 5.75 Å². The number of benzene rings is 2. The molecule has 0 spiro atoms. The first-order valence-electron chi connectivity index (χ1n) is 9.95. The average molecular weight is 381 g/mol. The molecule has 2 heterocycles. The highest BCUT2D eigenvalue weighted by Crippen LogP contribution is 2.44. The van der Waals surface area contributed by atoms with Gasteiger partial charge in [-0.3, -0.25) is 0 Å². The quantitative estimate of drug-likeness (QED) is 0.861. The minimum atomic E-state index is -0.918. The number of carbonyl (C=O) groups is 1. The van der Waals surface area contributed by atoms with E-state index in [1.54, 1.807) is 7.11 Å². The molecular weight excluding hydrogens is 354 g/mol. The lowest BCUT2D eigenvalue weighted by Crippen LogP contribution is -2.58. The number of hydrogen-bond acceptors (Lipinski definition) is 4. The van der Waals surface area contributed by atoms with E-state index in [0.29, 0.717) is 12.8 Å². The maximum Gasteiger partial charge on any atom is 0.410 e. The number of piperidine rings is 2. The topological polar surface area (TPSA) is 59.0 Å². The fraction of sp³-hybridized carbons (Fsp3) is 0.435. The van der Waals surface area contributed by atoms with Crippen LogP contribution in [0.1, 0.15) is 43.2 Å². The second-order valence-electron chi connectivity index (χ2n) is 7.85. The summed E-state index contributed by atoms with van der Waals surface area (Å²) in [4.78, 5) is 14.7. The molecule has 1 amide bonds. The molecule has 28 heavy (non-hydrogen) atoms. The van der Waals surface area contributed by atoms with Gasteiger partial charge < -0.3 is 19.5 Å². The van der Waals surface area contributed by atoms with Crippen LogP contribution in [0.25, 0.3) is 0 Å². The van der Waals surface area contributed by atoms with E-state index >= 15 is 0 Å². The summed E-state index contributed by atoms with van der Waals surface area (Å²) >= 11 is 0. The number of hydrogen-bond donors (Lipinski definition) is 1. The van der Waals surface area contributed by atoms with Crippen molar-refractivity contribution in [1.82, 2.24) is 4.90 Å². The van der Waals surface area contributed by atoms with Gasteiger partial charge in [0.1, 0.15) is 12.4 Å². The van der Waals surface area contributed by atoms with Crippen LogP contribution in [0, 0.1) is 0 Å². The monoisotopic (exact) mass is 381 g/mol. The molecule has 0 saturated carbocycles. The van der Waals surface area contributed by atoms with Crippen LogP contribution >= 0.6 is 0 Å². The number of methoxy groups -OCH3 is 1. The maximum absolute atomic E-state index is 12.8. The minimum absolute atomic E-state index is 0.00266. The SMILES string of the molecule is COc1ccc(C2(O)CC3CCCC(C2)N3C(=O)OCc2ccccc2)cc1. The summed E-state index contributed by atoms with van der Waals surface area (Å²) in [6, 6.07) is 17.3. The number of aliphatic hydroxyl groups is 1. The molecule has 5 heteroatoms. The Morgan fingerprint density at radius 1 is 1.07 bits per heavy atom.